The molecule has 1 atom stereocenters. The Morgan fingerprint density at radius 1 is 1.20 bits per heavy atom. The summed E-state index contributed by atoms with van der Waals surface area (Å²) in [6.45, 7) is 11.1. The van der Waals surface area contributed by atoms with E-state index < -0.39 is 34.6 Å². The van der Waals surface area contributed by atoms with Gasteiger partial charge in [-0.05, 0) is 51.8 Å². The predicted molar refractivity (Wildman–Crippen MR) is 154 cm³/mol. The Labute approximate surface area is 240 Å². The van der Waals surface area contributed by atoms with E-state index in [1.54, 1.807) is 13.8 Å². The van der Waals surface area contributed by atoms with Crippen LogP contribution in [0.25, 0.3) is 15.2 Å². The fourth-order valence-electron chi connectivity index (χ4n) is 4.65. The minimum Gasteiger partial charge on any atom is -0.496 e. The number of carbonyl (C=O) groups is 1. The van der Waals surface area contributed by atoms with E-state index in [0.717, 1.165) is 4.57 Å². The van der Waals surface area contributed by atoms with Crippen molar-refractivity contribution in [3.8, 4) is 10.8 Å². The lowest BCUT2D eigenvalue weighted by molar-refractivity contribution is -0.128. The van der Waals surface area contributed by atoms with E-state index in [4.69, 9.17) is 9.47 Å². The number of amides is 1. The van der Waals surface area contributed by atoms with Crippen LogP contribution >= 0.6 is 11.3 Å². The van der Waals surface area contributed by atoms with Crippen LogP contribution in [0, 0.1) is 18.7 Å². The van der Waals surface area contributed by atoms with Gasteiger partial charge in [0.15, 0.2) is 0 Å². The topological polar surface area (TPSA) is 122 Å². The molecule has 0 aliphatic heterocycles. The maximum atomic E-state index is 14.5. The summed E-state index contributed by atoms with van der Waals surface area (Å²) >= 11 is 1.18. The SMILES string of the molecule is CCNC(=O)C(C)(C)n1c(=O)c2c(C)c(-n3nccn3)sc2n(CC(OCC(C)C)c2cc(F)ccc2OC)c1=O. The molecule has 0 saturated carbocycles. The van der Waals surface area contributed by atoms with Crippen LogP contribution in [0.3, 0.4) is 0 Å². The number of thiophene rings is 1. The van der Waals surface area contributed by atoms with Crippen LogP contribution in [-0.2, 0) is 21.6 Å². The van der Waals surface area contributed by atoms with Crippen molar-refractivity contribution < 1.29 is 18.7 Å². The lowest BCUT2D eigenvalue weighted by Crippen LogP contribution is -2.55. The minimum absolute atomic E-state index is 0.0838. The first-order valence-electron chi connectivity index (χ1n) is 13.3. The van der Waals surface area contributed by atoms with E-state index in [1.165, 1.54) is 72.3 Å². The van der Waals surface area contributed by atoms with Crippen molar-refractivity contribution in [1.82, 2.24) is 29.4 Å². The van der Waals surface area contributed by atoms with Crippen molar-refractivity contribution in [3.05, 3.63) is 68.4 Å². The zero-order valence-corrected chi connectivity index (χ0v) is 25.0. The second-order valence-electron chi connectivity index (χ2n) is 10.6. The molecule has 4 rings (SSSR count). The van der Waals surface area contributed by atoms with Gasteiger partial charge in [-0.25, -0.2) is 13.8 Å². The Kier molecular flexibility index (Phi) is 8.78. The minimum atomic E-state index is -1.52. The average molecular weight is 587 g/mol. The van der Waals surface area contributed by atoms with Crippen molar-refractivity contribution in [1.29, 1.82) is 0 Å². The molecule has 0 saturated heterocycles. The number of carbonyl (C=O) groups excluding carboxylic acids is 1. The molecule has 0 aliphatic carbocycles. The number of methoxy groups -OCH3 is 1. The molecule has 0 fully saturated rings. The molecule has 0 bridgehead atoms. The number of rotatable bonds is 11. The van der Waals surface area contributed by atoms with Gasteiger partial charge in [-0.15, -0.1) is 4.80 Å². The van der Waals surface area contributed by atoms with Gasteiger partial charge >= 0.3 is 5.69 Å². The second kappa shape index (κ2) is 12.0. The highest BCUT2D eigenvalue weighted by Crippen LogP contribution is 2.34. The Hall–Kier alpha value is -3.84. The Morgan fingerprint density at radius 2 is 1.88 bits per heavy atom. The van der Waals surface area contributed by atoms with Crippen LogP contribution < -0.4 is 21.3 Å². The van der Waals surface area contributed by atoms with Crippen LogP contribution in [0.1, 0.15) is 51.8 Å². The number of halogens is 1. The summed E-state index contributed by atoms with van der Waals surface area (Å²) in [5.74, 6) is -0.436. The second-order valence-corrected chi connectivity index (χ2v) is 11.6. The molecule has 13 heteroatoms. The smallest absolute Gasteiger partial charge is 0.333 e. The molecule has 0 spiro atoms. The molecule has 4 aromatic rings. The largest absolute Gasteiger partial charge is 0.496 e. The molecule has 11 nitrogen and oxygen atoms in total. The van der Waals surface area contributed by atoms with Crippen LogP contribution in [-0.4, -0.2) is 50.3 Å². The zero-order valence-electron chi connectivity index (χ0n) is 24.2. The number of nitrogens with one attached hydrogen (secondary N) is 1. The Bertz CT molecular complexity index is 1670. The number of nitrogens with zero attached hydrogens (tertiary/aromatic N) is 5. The first-order valence-corrected chi connectivity index (χ1v) is 14.1. The van der Waals surface area contributed by atoms with Crippen molar-refractivity contribution >= 4 is 27.5 Å². The van der Waals surface area contributed by atoms with E-state index >= 15 is 0 Å². The third kappa shape index (κ3) is 5.68. The monoisotopic (exact) mass is 586 g/mol. The number of likely N-dealkylation sites (N-methyl/N-ethyl adjacent to an activating group) is 1. The van der Waals surface area contributed by atoms with Crippen molar-refractivity contribution in [2.45, 2.75) is 59.7 Å². The van der Waals surface area contributed by atoms with E-state index in [-0.39, 0.29) is 17.8 Å². The number of benzene rings is 1. The Balaban J connectivity index is 2.04. The number of ether oxygens (including phenoxy) is 2. The summed E-state index contributed by atoms with van der Waals surface area (Å²) in [6.07, 6.45) is 2.20. The number of hydrogen-bond acceptors (Lipinski definition) is 8. The van der Waals surface area contributed by atoms with E-state index in [1.807, 2.05) is 13.8 Å². The molecule has 1 N–H and O–H groups in total. The van der Waals surface area contributed by atoms with Gasteiger partial charge in [0, 0.05) is 24.3 Å². The van der Waals surface area contributed by atoms with Crippen molar-refractivity contribution in [2.75, 3.05) is 20.3 Å². The molecule has 3 aromatic heterocycles. The first-order chi connectivity index (χ1) is 19.4. The highest BCUT2D eigenvalue weighted by atomic mass is 32.1. The summed E-state index contributed by atoms with van der Waals surface area (Å²) in [5.41, 5.74) is -1.86. The summed E-state index contributed by atoms with van der Waals surface area (Å²) in [4.78, 5) is 43.1. The number of aryl methyl sites for hydroxylation is 1. The molecular weight excluding hydrogens is 551 g/mol. The fourth-order valence-corrected chi connectivity index (χ4v) is 5.87. The van der Waals surface area contributed by atoms with E-state index in [0.29, 0.717) is 39.9 Å². The number of fused-ring (bicyclic) bond motifs is 1. The maximum absolute atomic E-state index is 14.5. The average Bonchev–Trinajstić information content (AvgIpc) is 3.56. The van der Waals surface area contributed by atoms with Crippen LogP contribution in [0.5, 0.6) is 5.75 Å². The van der Waals surface area contributed by atoms with Crippen LogP contribution in [0.4, 0.5) is 4.39 Å². The molecule has 1 unspecified atom stereocenters. The van der Waals surface area contributed by atoms with Gasteiger partial charge in [0.1, 0.15) is 33.0 Å². The molecule has 3 heterocycles. The lowest BCUT2D eigenvalue weighted by Gasteiger charge is -2.28. The van der Waals surface area contributed by atoms with Gasteiger partial charge < -0.3 is 14.8 Å². The van der Waals surface area contributed by atoms with Gasteiger partial charge in [0.05, 0.1) is 31.4 Å². The highest BCUT2D eigenvalue weighted by molar-refractivity contribution is 7.21. The van der Waals surface area contributed by atoms with E-state index in [2.05, 4.69) is 15.5 Å². The van der Waals surface area contributed by atoms with Crippen molar-refractivity contribution in [3.63, 3.8) is 0 Å². The molecule has 1 amide bonds. The normalized spacial score (nSPS) is 12.7. The summed E-state index contributed by atoms with van der Waals surface area (Å²) in [6, 6.07) is 4.11. The van der Waals surface area contributed by atoms with Gasteiger partial charge in [-0.1, -0.05) is 25.2 Å². The first kappa shape index (κ1) is 30.1. The fraction of sp³-hybridized carbons (Fsp3) is 0.464. The lowest BCUT2D eigenvalue weighted by atomic mass is 10.0. The van der Waals surface area contributed by atoms with Gasteiger partial charge in [0.2, 0.25) is 5.91 Å². The summed E-state index contributed by atoms with van der Waals surface area (Å²) < 4.78 is 28.6. The van der Waals surface area contributed by atoms with Gasteiger partial charge in [-0.3, -0.25) is 14.2 Å². The molecule has 220 valence electrons. The Morgan fingerprint density at radius 3 is 2.49 bits per heavy atom. The molecule has 41 heavy (non-hydrogen) atoms. The van der Waals surface area contributed by atoms with Crippen LogP contribution in [0.2, 0.25) is 0 Å². The molecular formula is C28H35FN6O5S. The summed E-state index contributed by atoms with van der Waals surface area (Å²) in [7, 11) is 1.47. The standard InChI is InChI=1S/C28H35FN6O5S/c1-8-30-26(37)28(5,6)34-23(36)22-17(4)24(35-31-11-12-32-35)41-25(22)33(27(34)38)14-21(40-15-16(2)3)19-13-18(29)9-10-20(19)39-7/h9-13,16,21H,8,14-15H2,1-7H3,(H,30,37). The van der Waals surface area contributed by atoms with Crippen molar-refractivity contribution in [2.24, 2.45) is 5.92 Å². The summed E-state index contributed by atoms with van der Waals surface area (Å²) in [5, 5.41) is 11.9. The third-order valence-corrected chi connectivity index (χ3v) is 8.04. The van der Waals surface area contributed by atoms with Gasteiger partial charge in [0.25, 0.3) is 5.56 Å². The molecule has 0 aliphatic rings. The predicted octanol–water partition coefficient (Wildman–Crippen LogP) is 3.55. The third-order valence-electron chi connectivity index (χ3n) is 6.76. The molecule has 1 aromatic carbocycles. The zero-order chi connectivity index (χ0) is 30.1. The quantitative estimate of drug-likeness (QED) is 0.285. The van der Waals surface area contributed by atoms with E-state index in [9.17, 15) is 18.8 Å². The van der Waals surface area contributed by atoms with Crippen LogP contribution in [0.15, 0.2) is 40.2 Å². The maximum Gasteiger partial charge on any atom is 0.333 e. The number of aromatic nitrogens is 5. The number of hydrogen-bond donors (Lipinski definition) is 1. The highest BCUT2D eigenvalue weighted by Gasteiger charge is 2.36. The molecule has 0 radical (unpaired) electrons. The van der Waals surface area contributed by atoms with Gasteiger partial charge in [-0.2, -0.15) is 10.2 Å².